The number of halogens is 6. The smallest absolute Gasteiger partial charge is 0.353 e. The Kier molecular flexibility index (Phi) is 9.02. The SMILES string of the molecule is CCCCN(Cc1cccn1C)C(=O)CN(C(=O)c1cc(C(F)(F)F)cc(C(F)(F)F)c1)C(C)C. The highest BCUT2D eigenvalue weighted by Gasteiger charge is 2.38. The van der Waals surface area contributed by atoms with Crippen LogP contribution >= 0.6 is 0 Å². The number of benzene rings is 1. The van der Waals surface area contributed by atoms with Crippen molar-refractivity contribution in [2.45, 2.75) is 58.6 Å². The topological polar surface area (TPSA) is 45.6 Å². The van der Waals surface area contributed by atoms with E-state index in [1.807, 2.05) is 36.9 Å². The first kappa shape index (κ1) is 28.3. The van der Waals surface area contributed by atoms with Gasteiger partial charge in [-0.1, -0.05) is 13.3 Å². The van der Waals surface area contributed by atoms with Gasteiger partial charge in [-0.05, 0) is 50.6 Å². The van der Waals surface area contributed by atoms with Crippen LogP contribution in [0.4, 0.5) is 26.3 Å². The third-order valence-corrected chi connectivity index (χ3v) is 5.56. The molecule has 0 aliphatic carbocycles. The van der Waals surface area contributed by atoms with Crippen LogP contribution in [0.2, 0.25) is 0 Å². The van der Waals surface area contributed by atoms with E-state index in [9.17, 15) is 35.9 Å². The minimum absolute atomic E-state index is 0.0337. The van der Waals surface area contributed by atoms with E-state index >= 15 is 0 Å². The molecular weight excluding hydrogens is 476 g/mol. The number of carbonyl (C=O) groups excluding carboxylic acids is 2. The van der Waals surface area contributed by atoms with Crippen molar-refractivity contribution in [1.29, 1.82) is 0 Å². The molecule has 2 amide bonds. The van der Waals surface area contributed by atoms with E-state index in [2.05, 4.69) is 0 Å². The van der Waals surface area contributed by atoms with Crippen LogP contribution in [0.3, 0.4) is 0 Å². The maximum Gasteiger partial charge on any atom is 0.416 e. The maximum atomic E-state index is 13.3. The van der Waals surface area contributed by atoms with Crippen molar-refractivity contribution >= 4 is 11.8 Å². The minimum atomic E-state index is -5.08. The lowest BCUT2D eigenvalue weighted by molar-refractivity contribution is -0.143. The van der Waals surface area contributed by atoms with Gasteiger partial charge >= 0.3 is 12.4 Å². The second-order valence-corrected chi connectivity index (χ2v) is 8.60. The summed E-state index contributed by atoms with van der Waals surface area (Å²) in [4.78, 5) is 28.8. The molecule has 0 aliphatic heterocycles. The highest BCUT2D eigenvalue weighted by atomic mass is 19.4. The van der Waals surface area contributed by atoms with Crippen LogP contribution in [-0.2, 0) is 30.7 Å². The summed E-state index contributed by atoms with van der Waals surface area (Å²) in [5, 5.41) is 0. The van der Waals surface area contributed by atoms with Gasteiger partial charge in [0.1, 0.15) is 6.54 Å². The molecule has 11 heteroatoms. The Labute approximate surface area is 200 Å². The van der Waals surface area contributed by atoms with Crippen molar-refractivity contribution < 1.29 is 35.9 Å². The molecule has 0 fully saturated rings. The van der Waals surface area contributed by atoms with E-state index in [4.69, 9.17) is 0 Å². The lowest BCUT2D eigenvalue weighted by atomic mass is 10.0. The lowest BCUT2D eigenvalue weighted by Gasteiger charge is -2.30. The molecule has 0 bridgehead atoms. The molecule has 0 N–H and O–H groups in total. The first-order chi connectivity index (χ1) is 16.1. The number of amides is 2. The van der Waals surface area contributed by atoms with Gasteiger partial charge in [0.15, 0.2) is 0 Å². The molecule has 194 valence electrons. The van der Waals surface area contributed by atoms with Crippen LogP contribution < -0.4 is 0 Å². The molecular formula is C24H29F6N3O2. The van der Waals surface area contributed by atoms with Crippen LogP contribution in [0.5, 0.6) is 0 Å². The molecule has 35 heavy (non-hydrogen) atoms. The van der Waals surface area contributed by atoms with Crippen LogP contribution in [-0.4, -0.2) is 45.3 Å². The van der Waals surface area contributed by atoms with E-state index in [1.54, 1.807) is 0 Å². The zero-order valence-electron chi connectivity index (χ0n) is 20.0. The lowest BCUT2D eigenvalue weighted by Crippen LogP contribution is -2.46. The van der Waals surface area contributed by atoms with Crippen molar-refractivity contribution in [3.8, 4) is 0 Å². The maximum absolute atomic E-state index is 13.3. The summed E-state index contributed by atoms with van der Waals surface area (Å²) < 4.78 is 81.3. The number of unbranched alkanes of at least 4 members (excludes halogenated alkanes) is 1. The Morgan fingerprint density at radius 2 is 1.57 bits per heavy atom. The Bertz CT molecular complexity index is 995. The molecule has 0 saturated carbocycles. The molecule has 5 nitrogen and oxygen atoms in total. The fourth-order valence-electron chi connectivity index (χ4n) is 3.48. The first-order valence-corrected chi connectivity index (χ1v) is 11.1. The predicted molar refractivity (Wildman–Crippen MR) is 118 cm³/mol. The predicted octanol–water partition coefficient (Wildman–Crippen LogP) is 5.74. The molecule has 0 saturated heterocycles. The van der Waals surface area contributed by atoms with Gasteiger partial charge in [0.25, 0.3) is 5.91 Å². The number of nitrogens with zero attached hydrogens (tertiary/aromatic N) is 3. The number of alkyl halides is 6. The Morgan fingerprint density at radius 3 is 2.00 bits per heavy atom. The van der Waals surface area contributed by atoms with Crippen LogP contribution in [0.15, 0.2) is 36.5 Å². The van der Waals surface area contributed by atoms with Gasteiger partial charge in [-0.2, -0.15) is 26.3 Å². The highest BCUT2D eigenvalue weighted by molar-refractivity contribution is 5.97. The summed E-state index contributed by atoms with van der Waals surface area (Å²) >= 11 is 0. The molecule has 1 aromatic heterocycles. The average Bonchev–Trinajstić information content (AvgIpc) is 3.16. The van der Waals surface area contributed by atoms with Crippen LogP contribution in [0, 0.1) is 0 Å². The van der Waals surface area contributed by atoms with Crippen molar-refractivity contribution in [1.82, 2.24) is 14.4 Å². The van der Waals surface area contributed by atoms with Gasteiger partial charge in [0.2, 0.25) is 5.91 Å². The van der Waals surface area contributed by atoms with Crippen LogP contribution in [0.1, 0.15) is 60.8 Å². The van der Waals surface area contributed by atoms with Gasteiger partial charge in [0.05, 0.1) is 17.7 Å². The second-order valence-electron chi connectivity index (χ2n) is 8.60. The summed E-state index contributed by atoms with van der Waals surface area (Å²) in [6.45, 7) is 5.18. The van der Waals surface area contributed by atoms with Crippen molar-refractivity contribution in [2.24, 2.45) is 7.05 Å². The van der Waals surface area contributed by atoms with E-state index in [-0.39, 0.29) is 12.6 Å². The normalized spacial score (nSPS) is 12.2. The number of hydrogen-bond donors (Lipinski definition) is 0. The Morgan fingerprint density at radius 1 is 1.00 bits per heavy atom. The van der Waals surface area contributed by atoms with Gasteiger partial charge in [-0.25, -0.2) is 0 Å². The van der Waals surface area contributed by atoms with Crippen molar-refractivity contribution in [3.63, 3.8) is 0 Å². The van der Waals surface area contributed by atoms with E-state index < -0.39 is 53.4 Å². The molecule has 0 spiro atoms. The largest absolute Gasteiger partial charge is 0.416 e. The van der Waals surface area contributed by atoms with E-state index in [0.717, 1.165) is 17.0 Å². The summed E-state index contributed by atoms with van der Waals surface area (Å²) in [5.74, 6) is -1.54. The van der Waals surface area contributed by atoms with E-state index in [0.29, 0.717) is 25.1 Å². The highest BCUT2D eigenvalue weighted by Crippen LogP contribution is 2.36. The fraction of sp³-hybridized carbons (Fsp3) is 0.500. The number of aryl methyl sites for hydroxylation is 1. The third-order valence-electron chi connectivity index (χ3n) is 5.56. The zero-order chi connectivity index (χ0) is 26.6. The minimum Gasteiger partial charge on any atom is -0.353 e. The standard InChI is InChI=1S/C24H29F6N3O2/c1-5-6-10-32(14-20-8-7-9-31(20)4)21(34)15-33(16(2)3)22(35)17-11-18(23(25,26)27)13-19(12-17)24(28,29)30/h7-9,11-13,16H,5-6,10,14-15H2,1-4H3. The Balaban J connectivity index is 2.38. The summed E-state index contributed by atoms with van der Waals surface area (Å²) in [7, 11) is 1.81. The molecule has 0 aliphatic rings. The van der Waals surface area contributed by atoms with Crippen LogP contribution in [0.25, 0.3) is 0 Å². The van der Waals surface area contributed by atoms with Gasteiger partial charge in [-0.3, -0.25) is 9.59 Å². The third kappa shape index (κ3) is 7.50. The molecule has 1 aromatic carbocycles. The Hall–Kier alpha value is -2.98. The van der Waals surface area contributed by atoms with Crippen molar-refractivity contribution in [2.75, 3.05) is 13.1 Å². The van der Waals surface area contributed by atoms with Gasteiger partial charge in [-0.15, -0.1) is 0 Å². The quantitative estimate of drug-likeness (QED) is 0.408. The molecule has 0 unspecified atom stereocenters. The molecule has 2 rings (SSSR count). The van der Waals surface area contributed by atoms with Crippen molar-refractivity contribution in [3.05, 3.63) is 58.9 Å². The van der Waals surface area contributed by atoms with Gasteiger partial charge < -0.3 is 14.4 Å². The molecule has 2 aromatic rings. The first-order valence-electron chi connectivity index (χ1n) is 11.1. The second kappa shape index (κ2) is 11.2. The number of hydrogen-bond acceptors (Lipinski definition) is 2. The summed E-state index contributed by atoms with van der Waals surface area (Å²) in [6, 6.07) is 3.73. The number of carbonyl (C=O) groups is 2. The molecule has 1 heterocycles. The fourth-order valence-corrected chi connectivity index (χ4v) is 3.48. The summed E-state index contributed by atoms with van der Waals surface area (Å²) in [6.07, 6.45) is -6.86. The number of aromatic nitrogens is 1. The van der Waals surface area contributed by atoms with Gasteiger partial charge in [0, 0.05) is 37.1 Å². The monoisotopic (exact) mass is 505 g/mol. The molecule has 0 radical (unpaired) electrons. The summed E-state index contributed by atoms with van der Waals surface area (Å²) in [5.41, 5.74) is -3.11. The van der Waals surface area contributed by atoms with E-state index in [1.165, 1.54) is 18.7 Å². The number of rotatable bonds is 9. The average molecular weight is 506 g/mol. The molecule has 0 atom stereocenters. The zero-order valence-corrected chi connectivity index (χ0v) is 20.0.